The Balaban J connectivity index is 2.05. The molecule has 0 saturated carbocycles. The van der Waals surface area contributed by atoms with Gasteiger partial charge in [0.25, 0.3) is 5.91 Å². The summed E-state index contributed by atoms with van der Waals surface area (Å²) in [6.07, 6.45) is 0.994. The molecule has 1 amide bonds. The number of hydrogen-bond acceptors (Lipinski definition) is 6. The van der Waals surface area contributed by atoms with Gasteiger partial charge in [-0.25, -0.2) is 4.98 Å². The number of carbonyl (C=O) groups excluding carboxylic acids is 1. The minimum Gasteiger partial charge on any atom is -0.360 e. The second kappa shape index (κ2) is 6.42. The number of nitrogens with one attached hydrogen (secondary N) is 2. The van der Waals surface area contributed by atoms with Gasteiger partial charge in [-0.2, -0.15) is 0 Å². The van der Waals surface area contributed by atoms with E-state index < -0.39 is 0 Å². The second-order valence-electron chi connectivity index (χ2n) is 4.46. The SMILES string of the molecule is CCCNc1nnc(C(=O)Nc2cc(C)cc(C)n2)s1. The van der Waals surface area contributed by atoms with Gasteiger partial charge < -0.3 is 10.6 Å². The molecule has 0 spiro atoms. The molecule has 0 aromatic carbocycles. The van der Waals surface area contributed by atoms with Crippen molar-refractivity contribution in [2.75, 3.05) is 17.2 Å². The van der Waals surface area contributed by atoms with Crippen LogP contribution in [0, 0.1) is 13.8 Å². The first-order chi connectivity index (χ1) is 9.58. The Kier molecular flexibility index (Phi) is 4.62. The average Bonchev–Trinajstić information content (AvgIpc) is 2.83. The van der Waals surface area contributed by atoms with Crippen molar-refractivity contribution in [3.8, 4) is 0 Å². The summed E-state index contributed by atoms with van der Waals surface area (Å²) >= 11 is 1.24. The number of amides is 1. The molecule has 0 saturated heterocycles. The van der Waals surface area contributed by atoms with Gasteiger partial charge in [-0.15, -0.1) is 10.2 Å². The number of hydrogen-bond donors (Lipinski definition) is 2. The smallest absolute Gasteiger partial charge is 0.287 e. The van der Waals surface area contributed by atoms with E-state index in [1.54, 1.807) is 0 Å². The first kappa shape index (κ1) is 14.4. The summed E-state index contributed by atoms with van der Waals surface area (Å²) in [6, 6.07) is 3.77. The maximum absolute atomic E-state index is 12.1. The second-order valence-corrected chi connectivity index (χ2v) is 5.44. The van der Waals surface area contributed by atoms with Crippen LogP contribution in [0.15, 0.2) is 12.1 Å². The summed E-state index contributed by atoms with van der Waals surface area (Å²) in [5, 5.41) is 14.6. The molecular weight excluding hydrogens is 274 g/mol. The number of anilines is 2. The number of carbonyl (C=O) groups is 1. The van der Waals surface area contributed by atoms with Gasteiger partial charge in [0, 0.05) is 12.2 Å². The fourth-order valence-electron chi connectivity index (χ4n) is 1.69. The van der Waals surface area contributed by atoms with Gasteiger partial charge in [0.05, 0.1) is 0 Å². The van der Waals surface area contributed by atoms with Crippen LogP contribution in [-0.4, -0.2) is 27.6 Å². The number of aromatic nitrogens is 3. The average molecular weight is 291 g/mol. The molecule has 2 N–H and O–H groups in total. The highest BCUT2D eigenvalue weighted by Crippen LogP contribution is 2.17. The Hall–Kier alpha value is -2.02. The maximum Gasteiger partial charge on any atom is 0.287 e. The molecule has 106 valence electrons. The van der Waals surface area contributed by atoms with E-state index in [1.165, 1.54) is 11.3 Å². The zero-order valence-corrected chi connectivity index (χ0v) is 12.5. The number of rotatable bonds is 5. The van der Waals surface area contributed by atoms with Crippen LogP contribution in [0.1, 0.15) is 34.4 Å². The van der Waals surface area contributed by atoms with Gasteiger partial charge in [-0.3, -0.25) is 4.79 Å². The predicted octanol–water partition coefficient (Wildman–Crippen LogP) is 2.62. The molecular formula is C13H17N5OS. The third-order valence-electron chi connectivity index (χ3n) is 2.48. The molecule has 0 aliphatic heterocycles. The van der Waals surface area contributed by atoms with Crippen LogP contribution >= 0.6 is 11.3 Å². The Morgan fingerprint density at radius 2 is 2.10 bits per heavy atom. The van der Waals surface area contributed by atoms with Crippen molar-refractivity contribution in [2.24, 2.45) is 0 Å². The minimum atomic E-state index is -0.287. The van der Waals surface area contributed by atoms with Crippen LogP contribution in [-0.2, 0) is 0 Å². The molecule has 2 aromatic heterocycles. The largest absolute Gasteiger partial charge is 0.360 e. The van der Waals surface area contributed by atoms with E-state index in [9.17, 15) is 4.79 Å². The molecule has 0 aliphatic carbocycles. The lowest BCUT2D eigenvalue weighted by Gasteiger charge is -2.04. The predicted molar refractivity (Wildman–Crippen MR) is 80.4 cm³/mol. The molecule has 2 heterocycles. The van der Waals surface area contributed by atoms with Crippen molar-refractivity contribution >= 4 is 28.2 Å². The van der Waals surface area contributed by atoms with Gasteiger partial charge in [0.1, 0.15) is 5.82 Å². The molecule has 0 radical (unpaired) electrons. The zero-order chi connectivity index (χ0) is 14.5. The number of nitrogens with zero attached hydrogens (tertiary/aromatic N) is 3. The van der Waals surface area contributed by atoms with Gasteiger partial charge in [-0.05, 0) is 38.0 Å². The van der Waals surface area contributed by atoms with E-state index in [2.05, 4.69) is 32.7 Å². The van der Waals surface area contributed by atoms with Crippen LogP contribution in [0.3, 0.4) is 0 Å². The number of pyridine rings is 1. The highest BCUT2D eigenvalue weighted by atomic mass is 32.1. The summed E-state index contributed by atoms with van der Waals surface area (Å²) in [5.74, 6) is 0.246. The number of aryl methyl sites for hydroxylation is 2. The van der Waals surface area contributed by atoms with Gasteiger partial charge >= 0.3 is 0 Å². The molecule has 2 rings (SSSR count). The fraction of sp³-hybridized carbons (Fsp3) is 0.385. The summed E-state index contributed by atoms with van der Waals surface area (Å²) in [5.41, 5.74) is 1.92. The molecule has 0 aliphatic rings. The molecule has 7 heteroatoms. The molecule has 0 atom stereocenters. The van der Waals surface area contributed by atoms with Gasteiger partial charge in [0.15, 0.2) is 0 Å². The minimum absolute atomic E-state index is 0.287. The zero-order valence-electron chi connectivity index (χ0n) is 11.7. The third kappa shape index (κ3) is 3.74. The first-order valence-corrected chi connectivity index (χ1v) is 7.24. The summed E-state index contributed by atoms with van der Waals surface area (Å²) in [6.45, 7) is 6.73. The van der Waals surface area contributed by atoms with Crippen molar-refractivity contribution in [3.05, 3.63) is 28.4 Å². The molecule has 2 aromatic rings. The monoisotopic (exact) mass is 291 g/mol. The lowest BCUT2D eigenvalue weighted by Crippen LogP contribution is -2.13. The molecule has 20 heavy (non-hydrogen) atoms. The van der Waals surface area contributed by atoms with Gasteiger partial charge in [0.2, 0.25) is 10.1 Å². The summed E-state index contributed by atoms with van der Waals surface area (Å²) in [4.78, 5) is 16.3. The van der Waals surface area contributed by atoms with E-state index in [-0.39, 0.29) is 5.91 Å². The van der Waals surface area contributed by atoms with Crippen molar-refractivity contribution in [1.29, 1.82) is 0 Å². The van der Waals surface area contributed by atoms with Crippen molar-refractivity contribution < 1.29 is 4.79 Å². The molecule has 0 fully saturated rings. The van der Waals surface area contributed by atoms with Crippen molar-refractivity contribution in [3.63, 3.8) is 0 Å². The topological polar surface area (TPSA) is 79.8 Å². The highest BCUT2D eigenvalue weighted by Gasteiger charge is 2.13. The highest BCUT2D eigenvalue weighted by molar-refractivity contribution is 7.17. The summed E-state index contributed by atoms with van der Waals surface area (Å²) < 4.78 is 0. The van der Waals surface area contributed by atoms with E-state index >= 15 is 0 Å². The van der Waals surface area contributed by atoms with E-state index in [0.717, 1.165) is 24.2 Å². The van der Waals surface area contributed by atoms with E-state index in [1.807, 2.05) is 26.0 Å². The Bertz CT molecular complexity index is 590. The lowest BCUT2D eigenvalue weighted by atomic mass is 10.2. The third-order valence-corrected chi connectivity index (χ3v) is 3.36. The van der Waals surface area contributed by atoms with Crippen LogP contribution in [0.2, 0.25) is 0 Å². The Morgan fingerprint density at radius 1 is 1.30 bits per heavy atom. The quantitative estimate of drug-likeness (QED) is 0.885. The standard InChI is InChI=1S/C13H17N5OS/c1-4-5-14-13-18-17-12(20-13)11(19)16-10-7-8(2)6-9(3)15-10/h6-7H,4-5H2,1-3H3,(H,14,18)(H,15,16,19). The van der Waals surface area contributed by atoms with Crippen molar-refractivity contribution in [1.82, 2.24) is 15.2 Å². The lowest BCUT2D eigenvalue weighted by molar-refractivity contribution is 0.102. The normalized spacial score (nSPS) is 10.3. The van der Waals surface area contributed by atoms with Crippen LogP contribution in [0.5, 0.6) is 0 Å². The van der Waals surface area contributed by atoms with Gasteiger partial charge in [-0.1, -0.05) is 18.3 Å². The van der Waals surface area contributed by atoms with Crippen molar-refractivity contribution in [2.45, 2.75) is 27.2 Å². The first-order valence-electron chi connectivity index (χ1n) is 6.42. The molecule has 6 nitrogen and oxygen atoms in total. The Labute approximate surface area is 121 Å². The van der Waals surface area contributed by atoms with Crippen LogP contribution in [0.25, 0.3) is 0 Å². The Morgan fingerprint density at radius 3 is 2.80 bits per heavy atom. The molecule has 0 unspecified atom stereocenters. The maximum atomic E-state index is 12.1. The van der Waals surface area contributed by atoms with Crippen LogP contribution < -0.4 is 10.6 Å². The van der Waals surface area contributed by atoms with E-state index in [0.29, 0.717) is 16.0 Å². The summed E-state index contributed by atoms with van der Waals surface area (Å²) in [7, 11) is 0. The fourth-order valence-corrected chi connectivity index (χ4v) is 2.36. The molecule has 0 bridgehead atoms. The van der Waals surface area contributed by atoms with Crippen LogP contribution in [0.4, 0.5) is 10.9 Å². The van der Waals surface area contributed by atoms with E-state index in [4.69, 9.17) is 0 Å².